The highest BCUT2D eigenvalue weighted by Crippen LogP contribution is 2.25. The van der Waals surface area contributed by atoms with Crippen LogP contribution in [0.4, 0.5) is 0 Å². The third-order valence-corrected chi connectivity index (χ3v) is 6.86. The van der Waals surface area contributed by atoms with E-state index in [0.29, 0.717) is 11.6 Å². The highest BCUT2D eigenvalue weighted by atomic mass is 32.2. The number of nitrogens with zero attached hydrogens (tertiary/aromatic N) is 2. The van der Waals surface area contributed by atoms with Gasteiger partial charge in [0, 0.05) is 17.3 Å². The predicted molar refractivity (Wildman–Crippen MR) is 103 cm³/mol. The minimum absolute atomic E-state index is 0.0230. The van der Waals surface area contributed by atoms with Crippen molar-refractivity contribution in [1.29, 1.82) is 0 Å². The molecule has 0 spiro atoms. The average Bonchev–Trinajstić information content (AvgIpc) is 2.93. The number of nitrogens with one attached hydrogen (secondary N) is 1. The lowest BCUT2D eigenvalue weighted by Gasteiger charge is -2.15. The van der Waals surface area contributed by atoms with Crippen LogP contribution in [0, 0.1) is 6.92 Å². The summed E-state index contributed by atoms with van der Waals surface area (Å²) in [6.07, 6.45) is 0.477. The smallest absolute Gasteiger partial charge is 0.233 e. The summed E-state index contributed by atoms with van der Waals surface area (Å²) in [6, 6.07) is 11.4. The zero-order valence-electron chi connectivity index (χ0n) is 14.7. The first-order valence-corrected chi connectivity index (χ1v) is 11.1. The van der Waals surface area contributed by atoms with E-state index in [2.05, 4.69) is 15.3 Å². The van der Waals surface area contributed by atoms with Crippen LogP contribution in [0.15, 0.2) is 41.6 Å². The lowest BCUT2D eigenvalue weighted by Crippen LogP contribution is -2.40. The van der Waals surface area contributed by atoms with Gasteiger partial charge in [-0.2, -0.15) is 0 Å². The minimum Gasteiger partial charge on any atom is -0.351 e. The summed E-state index contributed by atoms with van der Waals surface area (Å²) in [4.78, 5) is 21.3. The van der Waals surface area contributed by atoms with E-state index in [-0.39, 0.29) is 23.5 Å². The quantitative estimate of drug-likeness (QED) is 0.621. The largest absolute Gasteiger partial charge is 0.351 e. The van der Waals surface area contributed by atoms with Crippen LogP contribution in [-0.4, -0.2) is 47.1 Å². The molecule has 0 saturated carbocycles. The maximum absolute atomic E-state index is 12.4. The Balaban J connectivity index is 1.68. The van der Waals surface area contributed by atoms with Crippen molar-refractivity contribution in [2.45, 2.75) is 36.7 Å². The Bertz CT molecular complexity index is 901. The van der Waals surface area contributed by atoms with Gasteiger partial charge in [0.2, 0.25) is 5.91 Å². The first kappa shape index (κ1) is 18.8. The Morgan fingerprint density at radius 1 is 1.27 bits per heavy atom. The number of aromatic nitrogens is 2. The van der Waals surface area contributed by atoms with Gasteiger partial charge in [0.1, 0.15) is 0 Å². The molecule has 1 aromatic heterocycles. The molecule has 2 aromatic rings. The summed E-state index contributed by atoms with van der Waals surface area (Å²) in [7, 11) is -3.01. The Hall–Kier alpha value is -1.93. The Morgan fingerprint density at radius 2 is 2.00 bits per heavy atom. The van der Waals surface area contributed by atoms with Crippen LogP contribution in [0.1, 0.15) is 19.0 Å². The molecule has 138 valence electrons. The molecule has 1 amide bonds. The summed E-state index contributed by atoms with van der Waals surface area (Å²) in [5.74, 6) is -0.0284. The number of aryl methyl sites for hydroxylation is 1. The van der Waals surface area contributed by atoms with Crippen LogP contribution in [0.5, 0.6) is 0 Å². The van der Waals surface area contributed by atoms with Crippen LogP contribution < -0.4 is 5.32 Å². The van der Waals surface area contributed by atoms with Crippen molar-refractivity contribution < 1.29 is 13.2 Å². The molecule has 2 heterocycles. The van der Waals surface area contributed by atoms with Gasteiger partial charge in [-0.1, -0.05) is 42.1 Å². The van der Waals surface area contributed by atoms with Crippen molar-refractivity contribution in [3.63, 3.8) is 0 Å². The molecule has 0 aliphatic carbocycles. The lowest BCUT2D eigenvalue weighted by atomic mass is 10.1. The van der Waals surface area contributed by atoms with Crippen LogP contribution >= 0.6 is 11.8 Å². The van der Waals surface area contributed by atoms with Gasteiger partial charge in [0.15, 0.2) is 15.0 Å². The normalized spacial score (nSPS) is 19.8. The number of thioether (sulfide) groups is 1. The standard InChI is InChI=1S/C18H21N3O3S2/c1-12-10-16(14-6-4-3-5-7-14)21-18(19-12)25-13(2)17(22)20-15-8-9-26(23,24)11-15/h3-7,10,13,15H,8-9,11H2,1-2H3,(H,20,22)/t13-,15-/m0/s1. The Labute approximate surface area is 157 Å². The summed E-state index contributed by atoms with van der Waals surface area (Å²) in [6.45, 7) is 3.67. The zero-order valence-corrected chi connectivity index (χ0v) is 16.3. The number of carbonyl (C=O) groups excluding carboxylic acids is 1. The molecule has 1 aromatic carbocycles. The molecule has 0 bridgehead atoms. The van der Waals surface area contributed by atoms with Crippen molar-refractivity contribution in [3.8, 4) is 11.3 Å². The number of rotatable bonds is 5. The van der Waals surface area contributed by atoms with Crippen molar-refractivity contribution in [2.75, 3.05) is 11.5 Å². The Kier molecular flexibility index (Phi) is 5.62. The number of amides is 1. The fourth-order valence-corrected chi connectivity index (χ4v) is 5.30. The van der Waals surface area contributed by atoms with Gasteiger partial charge in [-0.05, 0) is 26.3 Å². The van der Waals surface area contributed by atoms with Crippen LogP contribution in [0.2, 0.25) is 0 Å². The van der Waals surface area contributed by atoms with Gasteiger partial charge in [-0.3, -0.25) is 4.79 Å². The third-order valence-electron chi connectivity index (χ3n) is 4.13. The van der Waals surface area contributed by atoms with Gasteiger partial charge in [0.25, 0.3) is 0 Å². The SMILES string of the molecule is Cc1cc(-c2ccccc2)nc(S[C@@H](C)C(=O)N[C@H]2CCS(=O)(=O)C2)n1. The molecular weight excluding hydrogens is 370 g/mol. The van der Waals surface area contributed by atoms with E-state index < -0.39 is 15.1 Å². The van der Waals surface area contributed by atoms with E-state index in [4.69, 9.17) is 0 Å². The molecule has 8 heteroatoms. The monoisotopic (exact) mass is 391 g/mol. The van der Waals surface area contributed by atoms with Gasteiger partial charge in [-0.15, -0.1) is 0 Å². The van der Waals surface area contributed by atoms with Gasteiger partial charge in [0.05, 0.1) is 22.4 Å². The highest BCUT2D eigenvalue weighted by Gasteiger charge is 2.30. The van der Waals surface area contributed by atoms with E-state index in [1.807, 2.05) is 43.3 Å². The number of hydrogen-bond donors (Lipinski definition) is 1. The van der Waals surface area contributed by atoms with Gasteiger partial charge < -0.3 is 5.32 Å². The first-order valence-electron chi connectivity index (χ1n) is 8.41. The predicted octanol–water partition coefficient (Wildman–Crippen LogP) is 2.24. The second-order valence-corrected chi connectivity index (χ2v) is 9.95. The molecule has 2 atom stereocenters. The molecule has 3 rings (SSSR count). The second kappa shape index (κ2) is 7.75. The first-order chi connectivity index (χ1) is 12.3. The van der Waals surface area contributed by atoms with Crippen LogP contribution in [-0.2, 0) is 14.6 Å². The average molecular weight is 392 g/mol. The van der Waals surface area contributed by atoms with Crippen molar-refractivity contribution >= 4 is 27.5 Å². The lowest BCUT2D eigenvalue weighted by molar-refractivity contribution is -0.120. The van der Waals surface area contributed by atoms with Gasteiger partial charge in [-0.25, -0.2) is 18.4 Å². The maximum atomic E-state index is 12.4. The molecule has 6 nitrogen and oxygen atoms in total. The molecule has 1 saturated heterocycles. The number of benzene rings is 1. The fourth-order valence-electron chi connectivity index (χ4n) is 2.79. The van der Waals surface area contributed by atoms with Crippen LogP contribution in [0.25, 0.3) is 11.3 Å². The van der Waals surface area contributed by atoms with E-state index in [0.717, 1.165) is 17.0 Å². The molecular formula is C18H21N3O3S2. The highest BCUT2D eigenvalue weighted by molar-refractivity contribution is 8.00. The third kappa shape index (κ3) is 4.82. The number of sulfone groups is 1. The summed E-state index contributed by atoms with van der Waals surface area (Å²) in [5.41, 5.74) is 2.64. The fraction of sp³-hybridized carbons (Fsp3) is 0.389. The molecule has 0 radical (unpaired) electrons. The van der Waals surface area contributed by atoms with E-state index in [1.165, 1.54) is 11.8 Å². The summed E-state index contributed by atoms with van der Waals surface area (Å²) in [5, 5.41) is 2.94. The maximum Gasteiger partial charge on any atom is 0.233 e. The molecule has 1 aliphatic rings. The van der Waals surface area contributed by atoms with E-state index in [9.17, 15) is 13.2 Å². The molecule has 26 heavy (non-hydrogen) atoms. The number of carbonyl (C=O) groups is 1. The Morgan fingerprint density at radius 3 is 2.65 bits per heavy atom. The molecule has 1 fully saturated rings. The van der Waals surface area contributed by atoms with E-state index in [1.54, 1.807) is 6.92 Å². The van der Waals surface area contributed by atoms with Gasteiger partial charge >= 0.3 is 0 Å². The zero-order chi connectivity index (χ0) is 18.7. The molecule has 0 unspecified atom stereocenters. The number of hydrogen-bond acceptors (Lipinski definition) is 6. The minimum atomic E-state index is -3.01. The van der Waals surface area contributed by atoms with Crippen molar-refractivity contribution in [3.05, 3.63) is 42.1 Å². The molecule has 1 aliphatic heterocycles. The second-order valence-electron chi connectivity index (χ2n) is 6.41. The topological polar surface area (TPSA) is 89.0 Å². The summed E-state index contributed by atoms with van der Waals surface area (Å²) >= 11 is 1.27. The molecule has 1 N–H and O–H groups in total. The van der Waals surface area contributed by atoms with E-state index >= 15 is 0 Å². The van der Waals surface area contributed by atoms with Crippen molar-refractivity contribution in [1.82, 2.24) is 15.3 Å². The summed E-state index contributed by atoms with van der Waals surface area (Å²) < 4.78 is 23.0. The van der Waals surface area contributed by atoms with Crippen LogP contribution in [0.3, 0.4) is 0 Å². The van der Waals surface area contributed by atoms with Crippen molar-refractivity contribution in [2.24, 2.45) is 0 Å².